The van der Waals surface area contributed by atoms with Gasteiger partial charge in [-0.05, 0) is 43.4 Å². The third-order valence-corrected chi connectivity index (χ3v) is 7.12. The SMILES string of the molecule is COC[C@H]1CCCN1C(=O)CC[C@@H]1CNC(=O)[C@@H]2C[C@H](NCc3ccc(OC)cc3)CN12. The molecule has 4 atom stereocenters. The molecule has 8 heteroatoms. The summed E-state index contributed by atoms with van der Waals surface area (Å²) in [6.07, 6.45) is 4.17. The van der Waals surface area contributed by atoms with Gasteiger partial charge in [0.2, 0.25) is 11.8 Å². The number of methoxy groups -OCH3 is 2. The Morgan fingerprint density at radius 1 is 1.22 bits per heavy atom. The summed E-state index contributed by atoms with van der Waals surface area (Å²) in [4.78, 5) is 29.6. The molecule has 1 aromatic carbocycles. The van der Waals surface area contributed by atoms with Crippen molar-refractivity contribution in [1.82, 2.24) is 20.4 Å². The lowest BCUT2D eigenvalue weighted by Gasteiger charge is -2.37. The number of hydrogen-bond acceptors (Lipinski definition) is 6. The van der Waals surface area contributed by atoms with Crippen molar-refractivity contribution in [3.8, 4) is 5.75 Å². The maximum atomic E-state index is 12.8. The fourth-order valence-corrected chi connectivity index (χ4v) is 5.36. The maximum Gasteiger partial charge on any atom is 0.237 e. The van der Waals surface area contributed by atoms with E-state index in [-0.39, 0.29) is 36.0 Å². The summed E-state index contributed by atoms with van der Waals surface area (Å²) in [5.74, 6) is 1.18. The topological polar surface area (TPSA) is 83.1 Å². The van der Waals surface area contributed by atoms with E-state index in [0.717, 1.165) is 51.1 Å². The molecule has 32 heavy (non-hydrogen) atoms. The zero-order valence-electron chi connectivity index (χ0n) is 19.2. The molecule has 3 aliphatic rings. The Hall–Kier alpha value is -2.16. The first-order valence-electron chi connectivity index (χ1n) is 11.8. The molecular formula is C24H36N4O4. The lowest BCUT2D eigenvalue weighted by molar-refractivity contribution is -0.133. The highest BCUT2D eigenvalue weighted by Gasteiger charge is 2.43. The van der Waals surface area contributed by atoms with Crippen LogP contribution in [0.5, 0.6) is 5.75 Å². The molecule has 0 spiro atoms. The van der Waals surface area contributed by atoms with E-state index in [1.165, 1.54) is 5.56 Å². The van der Waals surface area contributed by atoms with Gasteiger partial charge in [-0.3, -0.25) is 14.5 Å². The molecule has 0 saturated carbocycles. The summed E-state index contributed by atoms with van der Waals surface area (Å²) in [5, 5.41) is 6.68. The van der Waals surface area contributed by atoms with Gasteiger partial charge in [0.25, 0.3) is 0 Å². The van der Waals surface area contributed by atoms with Gasteiger partial charge >= 0.3 is 0 Å². The first-order valence-corrected chi connectivity index (χ1v) is 11.8. The average molecular weight is 445 g/mol. The van der Waals surface area contributed by atoms with E-state index < -0.39 is 0 Å². The quantitative estimate of drug-likeness (QED) is 0.595. The number of carbonyl (C=O) groups excluding carboxylic acids is 2. The summed E-state index contributed by atoms with van der Waals surface area (Å²) in [5.41, 5.74) is 1.19. The Labute approximate surface area is 190 Å². The third-order valence-electron chi connectivity index (χ3n) is 7.12. The molecule has 1 aromatic rings. The van der Waals surface area contributed by atoms with Gasteiger partial charge < -0.3 is 25.0 Å². The van der Waals surface area contributed by atoms with Crippen molar-refractivity contribution < 1.29 is 19.1 Å². The number of carbonyl (C=O) groups is 2. The van der Waals surface area contributed by atoms with Crippen LogP contribution in [0.4, 0.5) is 0 Å². The lowest BCUT2D eigenvalue weighted by Crippen LogP contribution is -2.58. The molecule has 0 aliphatic carbocycles. The highest BCUT2D eigenvalue weighted by atomic mass is 16.5. The molecule has 0 aromatic heterocycles. The highest BCUT2D eigenvalue weighted by Crippen LogP contribution is 2.27. The number of fused-ring (bicyclic) bond motifs is 1. The van der Waals surface area contributed by atoms with E-state index in [0.29, 0.717) is 19.6 Å². The van der Waals surface area contributed by atoms with Gasteiger partial charge in [-0.1, -0.05) is 12.1 Å². The molecule has 0 bridgehead atoms. The van der Waals surface area contributed by atoms with Crippen molar-refractivity contribution in [2.45, 2.75) is 62.8 Å². The van der Waals surface area contributed by atoms with E-state index in [9.17, 15) is 9.59 Å². The number of nitrogens with one attached hydrogen (secondary N) is 2. The second kappa shape index (κ2) is 10.6. The standard InChI is InChI=1S/C24H36N4O4/c1-31-16-20-4-3-11-27(20)23(29)10-7-19-14-26-24(30)22-12-18(15-28(19)22)25-13-17-5-8-21(32-2)9-6-17/h5-6,8-9,18-20,22,25H,3-4,7,10-16H2,1-2H3,(H,26,30)/t18-,19+,20+,22-/m0/s1. The van der Waals surface area contributed by atoms with Gasteiger partial charge in [0.1, 0.15) is 5.75 Å². The third kappa shape index (κ3) is 5.24. The summed E-state index contributed by atoms with van der Waals surface area (Å²) >= 11 is 0. The maximum absolute atomic E-state index is 12.8. The van der Waals surface area contributed by atoms with Crippen molar-refractivity contribution >= 4 is 11.8 Å². The lowest BCUT2D eigenvalue weighted by atomic mass is 10.0. The van der Waals surface area contributed by atoms with Crippen LogP contribution in [0.15, 0.2) is 24.3 Å². The predicted molar refractivity (Wildman–Crippen MR) is 121 cm³/mol. The molecule has 2 N–H and O–H groups in total. The van der Waals surface area contributed by atoms with Crippen LogP contribution in [0.1, 0.15) is 37.7 Å². The smallest absolute Gasteiger partial charge is 0.237 e. The molecule has 3 fully saturated rings. The molecule has 3 heterocycles. The van der Waals surface area contributed by atoms with Gasteiger partial charge in [-0.15, -0.1) is 0 Å². The van der Waals surface area contributed by atoms with Crippen LogP contribution in [0, 0.1) is 0 Å². The molecule has 0 radical (unpaired) electrons. The zero-order chi connectivity index (χ0) is 22.5. The van der Waals surface area contributed by atoms with E-state index in [2.05, 4.69) is 27.7 Å². The van der Waals surface area contributed by atoms with Crippen molar-refractivity contribution in [2.75, 3.05) is 40.5 Å². The summed E-state index contributed by atoms with van der Waals surface area (Å²) in [7, 11) is 3.36. The first-order chi connectivity index (χ1) is 15.6. The minimum atomic E-state index is -0.106. The van der Waals surface area contributed by atoms with Crippen LogP contribution in [0.3, 0.4) is 0 Å². The Morgan fingerprint density at radius 3 is 2.78 bits per heavy atom. The van der Waals surface area contributed by atoms with E-state index in [1.807, 2.05) is 17.0 Å². The number of likely N-dealkylation sites (tertiary alicyclic amines) is 1. The molecule has 0 unspecified atom stereocenters. The largest absolute Gasteiger partial charge is 0.497 e. The minimum Gasteiger partial charge on any atom is -0.497 e. The van der Waals surface area contributed by atoms with Crippen LogP contribution in [0.2, 0.25) is 0 Å². The van der Waals surface area contributed by atoms with Crippen LogP contribution in [0.25, 0.3) is 0 Å². The van der Waals surface area contributed by atoms with Gasteiger partial charge in [0, 0.05) is 51.8 Å². The number of nitrogens with zero attached hydrogens (tertiary/aromatic N) is 2. The van der Waals surface area contributed by atoms with Gasteiger partial charge in [0.05, 0.1) is 25.8 Å². The monoisotopic (exact) mass is 444 g/mol. The molecule has 3 aliphatic heterocycles. The molecule has 2 amide bonds. The Bertz CT molecular complexity index is 787. The highest BCUT2D eigenvalue weighted by molar-refractivity contribution is 5.83. The number of rotatable bonds is 9. The normalized spacial score (nSPS) is 27.9. The number of amides is 2. The Balaban J connectivity index is 1.29. The second-order valence-corrected chi connectivity index (χ2v) is 9.15. The van der Waals surface area contributed by atoms with Crippen molar-refractivity contribution in [3.05, 3.63) is 29.8 Å². The molecule has 176 valence electrons. The molecular weight excluding hydrogens is 408 g/mol. The molecule has 3 saturated heterocycles. The number of ether oxygens (including phenoxy) is 2. The predicted octanol–water partition coefficient (Wildman–Crippen LogP) is 1.14. The van der Waals surface area contributed by atoms with Crippen molar-refractivity contribution in [1.29, 1.82) is 0 Å². The van der Waals surface area contributed by atoms with Gasteiger partial charge in [0.15, 0.2) is 0 Å². The van der Waals surface area contributed by atoms with E-state index in [4.69, 9.17) is 9.47 Å². The van der Waals surface area contributed by atoms with Gasteiger partial charge in [-0.2, -0.15) is 0 Å². The number of hydrogen-bond donors (Lipinski definition) is 2. The number of piperazine rings is 1. The minimum absolute atomic E-state index is 0.106. The van der Waals surface area contributed by atoms with E-state index in [1.54, 1.807) is 14.2 Å². The number of benzene rings is 1. The van der Waals surface area contributed by atoms with Crippen LogP contribution < -0.4 is 15.4 Å². The summed E-state index contributed by atoms with van der Waals surface area (Å²) in [6.45, 7) is 3.66. The average Bonchev–Trinajstić information content (AvgIpc) is 3.45. The van der Waals surface area contributed by atoms with Crippen molar-refractivity contribution in [3.63, 3.8) is 0 Å². The van der Waals surface area contributed by atoms with Crippen LogP contribution in [-0.4, -0.2) is 86.2 Å². The Morgan fingerprint density at radius 2 is 2.03 bits per heavy atom. The zero-order valence-corrected chi connectivity index (χ0v) is 19.2. The summed E-state index contributed by atoms with van der Waals surface area (Å²) in [6, 6.07) is 8.62. The molecule has 4 rings (SSSR count). The first kappa shape index (κ1) is 23.0. The van der Waals surface area contributed by atoms with Crippen LogP contribution >= 0.6 is 0 Å². The van der Waals surface area contributed by atoms with E-state index >= 15 is 0 Å². The second-order valence-electron chi connectivity index (χ2n) is 9.15. The van der Waals surface area contributed by atoms with Gasteiger partial charge in [-0.25, -0.2) is 0 Å². The Kier molecular flexibility index (Phi) is 7.65. The van der Waals surface area contributed by atoms with Crippen LogP contribution in [-0.2, 0) is 20.9 Å². The fraction of sp³-hybridized carbons (Fsp3) is 0.667. The summed E-state index contributed by atoms with van der Waals surface area (Å²) < 4.78 is 10.5. The van der Waals surface area contributed by atoms with Crippen molar-refractivity contribution in [2.24, 2.45) is 0 Å². The molecule has 8 nitrogen and oxygen atoms in total. The fourth-order valence-electron chi connectivity index (χ4n) is 5.36.